The van der Waals surface area contributed by atoms with E-state index in [0.717, 1.165) is 11.3 Å². The Morgan fingerprint density at radius 2 is 2.09 bits per heavy atom. The van der Waals surface area contributed by atoms with Crippen molar-refractivity contribution in [3.63, 3.8) is 0 Å². The number of aliphatic imine (C=N–C) groups is 1. The first kappa shape index (κ1) is 18.2. The van der Waals surface area contributed by atoms with Gasteiger partial charge in [-0.3, -0.25) is 4.99 Å². The van der Waals surface area contributed by atoms with Gasteiger partial charge in [0, 0.05) is 20.5 Å². The van der Waals surface area contributed by atoms with Crippen LogP contribution in [0.1, 0.15) is 17.3 Å². The zero-order valence-electron chi connectivity index (χ0n) is 12.8. The van der Waals surface area contributed by atoms with Crippen molar-refractivity contribution in [1.29, 1.82) is 0 Å². The van der Waals surface area contributed by atoms with Crippen molar-refractivity contribution in [3.05, 3.63) is 41.5 Å². The van der Waals surface area contributed by atoms with Crippen LogP contribution in [-0.2, 0) is 13.1 Å². The third kappa shape index (κ3) is 5.51. The fourth-order valence-corrected chi connectivity index (χ4v) is 1.76. The van der Waals surface area contributed by atoms with Crippen molar-refractivity contribution in [3.8, 4) is 5.75 Å². The van der Waals surface area contributed by atoms with Crippen LogP contribution in [0.5, 0.6) is 5.75 Å². The number of aryl methyl sites for hydroxylation is 1. The molecule has 0 saturated carbocycles. The van der Waals surface area contributed by atoms with Crippen LogP contribution in [-0.4, -0.2) is 30.3 Å². The molecule has 0 aliphatic rings. The lowest BCUT2D eigenvalue weighted by molar-refractivity contribution is 0.387. The Kier molecular flexibility index (Phi) is 7.64. The third-order valence-electron chi connectivity index (χ3n) is 2.80. The minimum absolute atomic E-state index is 0. The maximum atomic E-state index is 5.20. The summed E-state index contributed by atoms with van der Waals surface area (Å²) in [6.45, 7) is 2.85. The molecule has 0 amide bonds. The first-order chi connectivity index (χ1) is 10.2. The van der Waals surface area contributed by atoms with E-state index in [9.17, 15) is 0 Å². The fraction of sp³-hybridized carbons (Fsp3) is 0.357. The lowest BCUT2D eigenvalue weighted by atomic mass is 10.2. The number of ether oxygens (including phenoxy) is 1. The second-order valence-corrected chi connectivity index (χ2v) is 4.36. The molecule has 0 unspecified atom stereocenters. The summed E-state index contributed by atoms with van der Waals surface area (Å²) in [5.41, 5.74) is 1.10. The van der Waals surface area contributed by atoms with Gasteiger partial charge in [0.05, 0.1) is 13.7 Å². The van der Waals surface area contributed by atoms with Gasteiger partial charge in [-0.15, -0.1) is 24.0 Å². The van der Waals surface area contributed by atoms with Crippen molar-refractivity contribution in [2.24, 2.45) is 4.99 Å². The van der Waals surface area contributed by atoms with E-state index < -0.39 is 0 Å². The summed E-state index contributed by atoms with van der Waals surface area (Å²) in [7, 11) is 3.36. The van der Waals surface area contributed by atoms with Crippen molar-refractivity contribution < 1.29 is 9.26 Å². The van der Waals surface area contributed by atoms with Crippen molar-refractivity contribution in [2.45, 2.75) is 20.0 Å². The topological polar surface area (TPSA) is 84.6 Å². The number of methoxy groups -OCH3 is 1. The van der Waals surface area contributed by atoms with E-state index in [4.69, 9.17) is 9.26 Å². The highest BCUT2D eigenvalue weighted by atomic mass is 127. The normalized spacial score (nSPS) is 10.8. The molecular formula is C14H20IN5O2. The molecule has 2 N–H and O–H groups in total. The number of nitrogens with one attached hydrogen (secondary N) is 2. The average Bonchev–Trinajstić information content (AvgIpc) is 2.93. The SMILES string of the molecule is CN=C(NCc1cccc(OC)c1)NCc1noc(C)n1.I. The van der Waals surface area contributed by atoms with Gasteiger partial charge < -0.3 is 19.9 Å². The van der Waals surface area contributed by atoms with Crippen LogP contribution in [0.2, 0.25) is 0 Å². The lowest BCUT2D eigenvalue weighted by Crippen LogP contribution is -2.36. The Hall–Kier alpha value is -1.84. The predicted octanol–water partition coefficient (Wildman–Crippen LogP) is 1.87. The molecule has 0 radical (unpaired) electrons. The molecule has 1 heterocycles. The summed E-state index contributed by atoms with van der Waals surface area (Å²) < 4.78 is 10.1. The molecule has 1 aromatic heterocycles. The van der Waals surface area contributed by atoms with Gasteiger partial charge in [-0.2, -0.15) is 4.98 Å². The molecule has 0 bridgehead atoms. The Balaban J connectivity index is 0.00000242. The van der Waals surface area contributed by atoms with Gasteiger partial charge in [-0.1, -0.05) is 17.3 Å². The Morgan fingerprint density at radius 1 is 1.32 bits per heavy atom. The first-order valence-corrected chi connectivity index (χ1v) is 6.58. The molecule has 0 aliphatic heterocycles. The van der Waals surface area contributed by atoms with E-state index in [0.29, 0.717) is 30.8 Å². The second-order valence-electron chi connectivity index (χ2n) is 4.36. The third-order valence-corrected chi connectivity index (χ3v) is 2.80. The molecule has 8 heteroatoms. The quantitative estimate of drug-likeness (QED) is 0.439. The van der Waals surface area contributed by atoms with E-state index in [1.807, 2.05) is 24.3 Å². The Labute approximate surface area is 146 Å². The lowest BCUT2D eigenvalue weighted by Gasteiger charge is -2.11. The minimum Gasteiger partial charge on any atom is -0.497 e. The zero-order chi connectivity index (χ0) is 15.1. The molecule has 2 aromatic rings. The molecule has 0 saturated heterocycles. The first-order valence-electron chi connectivity index (χ1n) is 6.58. The molecule has 0 fully saturated rings. The van der Waals surface area contributed by atoms with E-state index >= 15 is 0 Å². The van der Waals surface area contributed by atoms with Gasteiger partial charge in [0.25, 0.3) is 0 Å². The van der Waals surface area contributed by atoms with Crippen LogP contribution in [0.25, 0.3) is 0 Å². The van der Waals surface area contributed by atoms with Gasteiger partial charge in [0.1, 0.15) is 5.75 Å². The van der Waals surface area contributed by atoms with E-state index in [-0.39, 0.29) is 24.0 Å². The Bertz CT molecular complexity index is 615. The van der Waals surface area contributed by atoms with E-state index in [2.05, 4.69) is 25.8 Å². The fourth-order valence-electron chi connectivity index (χ4n) is 1.76. The van der Waals surface area contributed by atoms with E-state index in [1.54, 1.807) is 21.1 Å². The number of guanidine groups is 1. The summed E-state index contributed by atoms with van der Waals surface area (Å²) >= 11 is 0. The average molecular weight is 417 g/mol. The smallest absolute Gasteiger partial charge is 0.223 e. The van der Waals surface area contributed by atoms with Gasteiger partial charge in [-0.25, -0.2) is 0 Å². The van der Waals surface area contributed by atoms with Gasteiger partial charge in [0.15, 0.2) is 11.8 Å². The largest absolute Gasteiger partial charge is 0.497 e. The summed E-state index contributed by atoms with van der Waals surface area (Å²) in [5, 5.41) is 10.1. The standard InChI is InChI=1S/C14H19N5O2.HI/c1-10-18-13(19-21-10)9-17-14(15-2)16-8-11-5-4-6-12(7-11)20-3;/h4-7H,8-9H2,1-3H3,(H2,15,16,17);1H. The Morgan fingerprint density at radius 3 is 2.73 bits per heavy atom. The number of nitrogens with zero attached hydrogens (tertiary/aromatic N) is 3. The summed E-state index contributed by atoms with van der Waals surface area (Å²) in [5.74, 6) is 2.64. The molecule has 1 aromatic carbocycles. The maximum absolute atomic E-state index is 5.20. The molecule has 0 aliphatic carbocycles. The number of benzene rings is 1. The minimum atomic E-state index is 0. The van der Waals surface area contributed by atoms with Crippen LogP contribution in [0.15, 0.2) is 33.8 Å². The van der Waals surface area contributed by atoms with Gasteiger partial charge in [0.2, 0.25) is 5.89 Å². The summed E-state index contributed by atoms with van der Waals surface area (Å²) in [4.78, 5) is 8.26. The highest BCUT2D eigenvalue weighted by molar-refractivity contribution is 14.0. The van der Waals surface area contributed by atoms with Crippen LogP contribution in [0.3, 0.4) is 0 Å². The van der Waals surface area contributed by atoms with Crippen LogP contribution < -0.4 is 15.4 Å². The summed E-state index contributed by atoms with van der Waals surface area (Å²) in [6.07, 6.45) is 0. The molecule has 22 heavy (non-hydrogen) atoms. The monoisotopic (exact) mass is 417 g/mol. The highest BCUT2D eigenvalue weighted by Gasteiger charge is 2.04. The molecule has 0 spiro atoms. The second kappa shape index (κ2) is 9.23. The van der Waals surface area contributed by atoms with Crippen LogP contribution in [0, 0.1) is 6.92 Å². The zero-order valence-corrected chi connectivity index (χ0v) is 15.1. The van der Waals surface area contributed by atoms with Crippen molar-refractivity contribution >= 4 is 29.9 Å². The van der Waals surface area contributed by atoms with Crippen LogP contribution in [0.4, 0.5) is 0 Å². The highest BCUT2D eigenvalue weighted by Crippen LogP contribution is 2.11. The summed E-state index contributed by atoms with van der Waals surface area (Å²) in [6, 6.07) is 7.86. The number of hydrogen-bond acceptors (Lipinski definition) is 5. The van der Waals surface area contributed by atoms with E-state index in [1.165, 1.54) is 0 Å². The predicted molar refractivity (Wildman–Crippen MR) is 94.5 cm³/mol. The maximum Gasteiger partial charge on any atom is 0.223 e. The molecule has 7 nitrogen and oxygen atoms in total. The van der Waals surface area contributed by atoms with Crippen molar-refractivity contribution in [2.75, 3.05) is 14.2 Å². The molecule has 120 valence electrons. The van der Waals surface area contributed by atoms with Crippen molar-refractivity contribution in [1.82, 2.24) is 20.8 Å². The molecule has 0 atom stereocenters. The molecule has 2 rings (SSSR count). The molecular weight excluding hydrogens is 397 g/mol. The van der Waals surface area contributed by atoms with Crippen LogP contribution >= 0.6 is 24.0 Å². The number of halogens is 1. The number of rotatable bonds is 5. The van der Waals surface area contributed by atoms with Gasteiger partial charge >= 0.3 is 0 Å². The number of aromatic nitrogens is 2. The number of hydrogen-bond donors (Lipinski definition) is 2. The van der Waals surface area contributed by atoms with Gasteiger partial charge in [-0.05, 0) is 17.7 Å².